The van der Waals surface area contributed by atoms with E-state index in [9.17, 15) is 14.7 Å². The van der Waals surface area contributed by atoms with Crippen molar-refractivity contribution in [1.29, 1.82) is 0 Å². The van der Waals surface area contributed by atoms with Crippen LogP contribution in [0.3, 0.4) is 0 Å². The maximum atomic E-state index is 12.2. The summed E-state index contributed by atoms with van der Waals surface area (Å²) >= 11 is 0. The Bertz CT molecular complexity index is 731. The van der Waals surface area contributed by atoms with Gasteiger partial charge in [-0.3, -0.25) is 9.59 Å². The summed E-state index contributed by atoms with van der Waals surface area (Å²) in [6.07, 6.45) is 46.7. The topological polar surface area (TPSA) is 72.8 Å². The van der Waals surface area contributed by atoms with E-state index in [-0.39, 0.29) is 25.2 Å². The fraction of sp³-hybridized carbons (Fsp3) is 0.860. The highest BCUT2D eigenvalue weighted by Gasteiger charge is 2.16. The molecule has 1 atom stereocenters. The zero-order valence-electron chi connectivity index (χ0n) is 32.0. The lowest BCUT2D eigenvalue weighted by Crippen LogP contribution is -2.28. The molecule has 0 aromatic rings. The summed E-state index contributed by atoms with van der Waals surface area (Å²) in [4.78, 5) is 24.3. The van der Waals surface area contributed by atoms with Gasteiger partial charge in [-0.05, 0) is 44.9 Å². The van der Waals surface area contributed by atoms with Gasteiger partial charge in [0, 0.05) is 12.8 Å². The van der Waals surface area contributed by atoms with Crippen LogP contribution in [0.4, 0.5) is 0 Å². The number of hydrogen-bond acceptors (Lipinski definition) is 5. The molecule has 0 heterocycles. The number of unbranched alkanes of at least 4 members (excludes halogenated alkanes) is 26. The SMILES string of the molecule is CCCCC/C=C/C/C=C/CCCCCCCCCC(=O)OC[C@H](CO)OC(=O)CCCCCCCCCCCCCCCCCCC. The summed E-state index contributed by atoms with van der Waals surface area (Å²) in [5, 5.41) is 9.57. The van der Waals surface area contributed by atoms with E-state index in [0.717, 1.165) is 44.9 Å². The number of aliphatic hydroxyl groups excluding tert-OH is 1. The van der Waals surface area contributed by atoms with Crippen molar-refractivity contribution in [2.24, 2.45) is 0 Å². The molecule has 0 aliphatic carbocycles. The summed E-state index contributed by atoms with van der Waals surface area (Å²) < 4.78 is 10.6. The van der Waals surface area contributed by atoms with Crippen molar-refractivity contribution >= 4 is 11.9 Å². The molecule has 48 heavy (non-hydrogen) atoms. The third kappa shape index (κ3) is 37.2. The van der Waals surface area contributed by atoms with Crippen LogP contribution in [-0.4, -0.2) is 36.4 Å². The highest BCUT2D eigenvalue weighted by atomic mass is 16.6. The van der Waals surface area contributed by atoms with E-state index in [1.807, 2.05) is 0 Å². The molecule has 0 aliphatic heterocycles. The molecule has 5 heteroatoms. The van der Waals surface area contributed by atoms with Gasteiger partial charge < -0.3 is 14.6 Å². The highest BCUT2D eigenvalue weighted by molar-refractivity contribution is 5.70. The standard InChI is InChI=1S/C43H80O5/c1-3-5-7-9-11-13-15-17-19-21-23-25-27-29-31-33-35-37-42(45)47-40-41(39-44)48-43(46)38-36-34-32-30-28-26-24-22-20-18-16-14-12-10-8-6-4-2/h11,13,17,19,41,44H,3-10,12,14-16,18,20-40H2,1-2H3/b13-11+,19-17+/t41-/m0/s1. The van der Waals surface area contributed by atoms with Crippen LogP contribution in [0.5, 0.6) is 0 Å². The predicted molar refractivity (Wildman–Crippen MR) is 205 cm³/mol. The number of hydrogen-bond donors (Lipinski definition) is 1. The Balaban J connectivity index is 3.52. The fourth-order valence-corrected chi connectivity index (χ4v) is 6.06. The molecule has 0 rings (SSSR count). The quantitative estimate of drug-likeness (QED) is 0.0400. The minimum atomic E-state index is -0.769. The molecule has 0 aliphatic rings. The van der Waals surface area contributed by atoms with Crippen LogP contribution < -0.4 is 0 Å². The van der Waals surface area contributed by atoms with E-state index in [0.29, 0.717) is 12.8 Å². The van der Waals surface area contributed by atoms with E-state index in [1.54, 1.807) is 0 Å². The van der Waals surface area contributed by atoms with Gasteiger partial charge in [-0.15, -0.1) is 0 Å². The van der Waals surface area contributed by atoms with Crippen molar-refractivity contribution in [3.05, 3.63) is 24.3 Å². The molecule has 0 aromatic carbocycles. The summed E-state index contributed by atoms with van der Waals surface area (Å²) in [7, 11) is 0. The average molecular weight is 677 g/mol. The second-order valence-corrected chi connectivity index (χ2v) is 14.1. The molecular formula is C43H80O5. The first kappa shape index (κ1) is 46.4. The number of rotatable bonds is 38. The van der Waals surface area contributed by atoms with Crippen molar-refractivity contribution in [2.75, 3.05) is 13.2 Å². The van der Waals surface area contributed by atoms with Crippen LogP contribution in [0.1, 0.15) is 219 Å². The minimum Gasteiger partial charge on any atom is -0.462 e. The van der Waals surface area contributed by atoms with Gasteiger partial charge in [0.1, 0.15) is 6.61 Å². The zero-order valence-corrected chi connectivity index (χ0v) is 32.0. The Morgan fingerprint density at radius 1 is 0.479 bits per heavy atom. The van der Waals surface area contributed by atoms with E-state index < -0.39 is 6.10 Å². The van der Waals surface area contributed by atoms with Crippen molar-refractivity contribution in [3.63, 3.8) is 0 Å². The number of allylic oxidation sites excluding steroid dienone is 4. The summed E-state index contributed by atoms with van der Waals surface area (Å²) in [6, 6.07) is 0. The molecule has 0 bridgehead atoms. The molecule has 0 amide bonds. The summed E-state index contributed by atoms with van der Waals surface area (Å²) in [6.45, 7) is 4.12. The fourth-order valence-electron chi connectivity index (χ4n) is 6.06. The number of carbonyl (C=O) groups is 2. The summed E-state index contributed by atoms with van der Waals surface area (Å²) in [5.74, 6) is -0.590. The Labute approximate surface area is 298 Å². The third-order valence-electron chi connectivity index (χ3n) is 9.25. The molecular weight excluding hydrogens is 596 g/mol. The first-order valence-electron chi connectivity index (χ1n) is 20.9. The molecule has 0 saturated carbocycles. The van der Waals surface area contributed by atoms with Crippen molar-refractivity contribution in [2.45, 2.75) is 225 Å². The lowest BCUT2D eigenvalue weighted by atomic mass is 10.0. The zero-order chi connectivity index (χ0) is 35.0. The second-order valence-electron chi connectivity index (χ2n) is 14.1. The molecule has 0 spiro atoms. The maximum Gasteiger partial charge on any atom is 0.306 e. The first-order chi connectivity index (χ1) is 23.6. The van der Waals surface area contributed by atoms with Gasteiger partial charge >= 0.3 is 11.9 Å². The number of ether oxygens (including phenoxy) is 2. The van der Waals surface area contributed by atoms with Crippen molar-refractivity contribution in [1.82, 2.24) is 0 Å². The Hall–Kier alpha value is -1.62. The van der Waals surface area contributed by atoms with E-state index in [1.165, 1.54) is 148 Å². The smallest absolute Gasteiger partial charge is 0.306 e. The van der Waals surface area contributed by atoms with Crippen molar-refractivity contribution in [3.8, 4) is 0 Å². The molecule has 1 N–H and O–H groups in total. The van der Waals surface area contributed by atoms with Gasteiger partial charge in [0.15, 0.2) is 6.10 Å². The lowest BCUT2D eigenvalue weighted by Gasteiger charge is -2.15. The average Bonchev–Trinajstić information content (AvgIpc) is 3.09. The van der Waals surface area contributed by atoms with Crippen LogP contribution in [0, 0.1) is 0 Å². The van der Waals surface area contributed by atoms with Gasteiger partial charge in [-0.1, -0.05) is 186 Å². The Kier molecular flexibility index (Phi) is 38.5. The van der Waals surface area contributed by atoms with Gasteiger partial charge in [-0.25, -0.2) is 0 Å². The molecule has 5 nitrogen and oxygen atoms in total. The molecule has 0 saturated heterocycles. The first-order valence-corrected chi connectivity index (χ1v) is 20.9. The van der Waals surface area contributed by atoms with Crippen LogP contribution in [0.2, 0.25) is 0 Å². The molecule has 282 valence electrons. The van der Waals surface area contributed by atoms with Gasteiger partial charge in [0.25, 0.3) is 0 Å². The van der Waals surface area contributed by atoms with Gasteiger partial charge in [0.2, 0.25) is 0 Å². The monoisotopic (exact) mass is 677 g/mol. The summed E-state index contributed by atoms with van der Waals surface area (Å²) in [5.41, 5.74) is 0. The number of aliphatic hydroxyl groups is 1. The highest BCUT2D eigenvalue weighted by Crippen LogP contribution is 2.15. The molecule has 0 radical (unpaired) electrons. The number of carbonyl (C=O) groups excluding carboxylic acids is 2. The molecule has 0 fully saturated rings. The Morgan fingerprint density at radius 3 is 1.27 bits per heavy atom. The van der Waals surface area contributed by atoms with Gasteiger partial charge in [-0.2, -0.15) is 0 Å². The second kappa shape index (κ2) is 39.8. The third-order valence-corrected chi connectivity index (χ3v) is 9.25. The normalized spacial score (nSPS) is 12.3. The number of esters is 2. The van der Waals surface area contributed by atoms with Crippen LogP contribution >= 0.6 is 0 Å². The van der Waals surface area contributed by atoms with Crippen LogP contribution in [0.25, 0.3) is 0 Å². The van der Waals surface area contributed by atoms with Crippen LogP contribution in [-0.2, 0) is 19.1 Å². The minimum absolute atomic E-state index is 0.0657. The van der Waals surface area contributed by atoms with Gasteiger partial charge in [0.05, 0.1) is 6.61 Å². The molecule has 0 aromatic heterocycles. The van der Waals surface area contributed by atoms with E-state index in [2.05, 4.69) is 38.2 Å². The maximum absolute atomic E-state index is 12.2. The predicted octanol–water partition coefficient (Wildman–Crippen LogP) is 13.1. The lowest BCUT2D eigenvalue weighted by molar-refractivity contribution is -0.161. The molecule has 0 unspecified atom stereocenters. The van der Waals surface area contributed by atoms with E-state index in [4.69, 9.17) is 9.47 Å². The van der Waals surface area contributed by atoms with Crippen LogP contribution in [0.15, 0.2) is 24.3 Å². The van der Waals surface area contributed by atoms with E-state index >= 15 is 0 Å². The largest absolute Gasteiger partial charge is 0.462 e. The van der Waals surface area contributed by atoms with Crippen molar-refractivity contribution < 1.29 is 24.2 Å². The Morgan fingerprint density at radius 2 is 0.833 bits per heavy atom.